The van der Waals surface area contributed by atoms with Gasteiger partial charge in [0.2, 0.25) is 12.7 Å². The number of aliphatic hydroxyl groups is 1. The van der Waals surface area contributed by atoms with E-state index in [1.807, 2.05) is 48.7 Å². The lowest BCUT2D eigenvalue weighted by molar-refractivity contribution is -0.146. The summed E-state index contributed by atoms with van der Waals surface area (Å²) < 4.78 is 16.2. The van der Waals surface area contributed by atoms with Gasteiger partial charge in [-0.1, -0.05) is 37.1 Å². The molecule has 1 amide bonds. The van der Waals surface area contributed by atoms with E-state index in [0.29, 0.717) is 30.9 Å². The van der Waals surface area contributed by atoms with E-state index >= 15 is 0 Å². The Bertz CT molecular complexity index is 1370. The van der Waals surface area contributed by atoms with E-state index in [1.54, 1.807) is 0 Å². The fourth-order valence-electron chi connectivity index (χ4n) is 6.74. The second-order valence-corrected chi connectivity index (χ2v) is 10.9. The van der Waals surface area contributed by atoms with Crippen molar-refractivity contribution in [2.75, 3.05) is 27.0 Å². The second-order valence-electron chi connectivity index (χ2n) is 10.9. The summed E-state index contributed by atoms with van der Waals surface area (Å²) in [6.07, 6.45) is 6.51. The maximum absolute atomic E-state index is 13.5. The van der Waals surface area contributed by atoms with Crippen LogP contribution < -0.4 is 14.8 Å². The number of para-hydroxylation sites is 1. The molecule has 206 valence electrons. The molecule has 0 unspecified atom stereocenters. The molecule has 1 saturated heterocycles. The number of hydrogen-bond donors (Lipinski definition) is 3. The quantitative estimate of drug-likeness (QED) is 0.399. The van der Waals surface area contributed by atoms with Crippen molar-refractivity contribution in [2.45, 2.75) is 56.2 Å². The number of hydrogen-bond acceptors (Lipinski definition) is 7. The number of aromatic amines is 1. The summed E-state index contributed by atoms with van der Waals surface area (Å²) >= 11 is 0. The molecule has 3 aliphatic rings. The largest absolute Gasteiger partial charge is 0.467 e. The minimum Gasteiger partial charge on any atom is -0.467 e. The molecule has 4 atom stereocenters. The molecule has 2 aromatic carbocycles. The number of ether oxygens (including phenoxy) is 3. The Morgan fingerprint density at radius 1 is 1.18 bits per heavy atom. The Balaban J connectivity index is 1.23. The van der Waals surface area contributed by atoms with Gasteiger partial charge < -0.3 is 29.6 Å². The van der Waals surface area contributed by atoms with Crippen LogP contribution in [0, 0.1) is 5.92 Å². The van der Waals surface area contributed by atoms with Gasteiger partial charge in [-0.05, 0) is 48.6 Å². The molecule has 3 heterocycles. The average molecular weight is 534 g/mol. The first kappa shape index (κ1) is 25.7. The first-order valence-electron chi connectivity index (χ1n) is 13.7. The van der Waals surface area contributed by atoms with Gasteiger partial charge in [0.05, 0.1) is 19.3 Å². The van der Waals surface area contributed by atoms with Gasteiger partial charge in [0.15, 0.2) is 11.5 Å². The van der Waals surface area contributed by atoms with Gasteiger partial charge in [-0.25, -0.2) is 4.79 Å². The van der Waals surface area contributed by atoms with E-state index in [4.69, 9.17) is 14.2 Å². The summed E-state index contributed by atoms with van der Waals surface area (Å²) in [5, 5.41) is 15.5. The van der Waals surface area contributed by atoms with Gasteiger partial charge in [-0.15, -0.1) is 0 Å². The van der Waals surface area contributed by atoms with Crippen LogP contribution >= 0.6 is 0 Å². The number of methoxy groups -OCH3 is 1. The van der Waals surface area contributed by atoms with Crippen molar-refractivity contribution in [1.29, 1.82) is 0 Å². The summed E-state index contributed by atoms with van der Waals surface area (Å²) in [4.78, 5) is 31.5. The van der Waals surface area contributed by atoms with Crippen molar-refractivity contribution in [3.8, 4) is 11.5 Å². The number of piperidine rings is 1. The van der Waals surface area contributed by atoms with Crippen molar-refractivity contribution >= 4 is 22.8 Å². The number of fused-ring (bicyclic) bond motifs is 3. The molecule has 0 bridgehead atoms. The van der Waals surface area contributed by atoms with E-state index < -0.39 is 17.6 Å². The molecule has 0 spiro atoms. The Kier molecular flexibility index (Phi) is 6.95. The smallest absolute Gasteiger partial charge is 0.328 e. The molecule has 1 aromatic heterocycles. The molecular weight excluding hydrogens is 498 g/mol. The molecule has 0 radical (unpaired) electrons. The third-order valence-electron chi connectivity index (χ3n) is 8.68. The highest BCUT2D eigenvalue weighted by molar-refractivity contribution is 5.88. The molecule has 3 N–H and O–H groups in total. The second kappa shape index (κ2) is 10.5. The number of carbonyl (C=O) groups is 2. The van der Waals surface area contributed by atoms with Crippen LogP contribution in [0.15, 0.2) is 48.7 Å². The van der Waals surface area contributed by atoms with Crippen LogP contribution in [0.3, 0.4) is 0 Å². The van der Waals surface area contributed by atoms with E-state index in [0.717, 1.165) is 47.7 Å². The highest BCUT2D eigenvalue weighted by Gasteiger charge is 2.49. The van der Waals surface area contributed by atoms with Crippen LogP contribution in [0.25, 0.3) is 10.9 Å². The number of rotatable bonds is 7. The zero-order valence-electron chi connectivity index (χ0n) is 22.2. The Morgan fingerprint density at radius 2 is 2.03 bits per heavy atom. The van der Waals surface area contributed by atoms with Crippen LogP contribution in [0.4, 0.5) is 0 Å². The molecule has 1 saturated carbocycles. The number of nitrogens with one attached hydrogen (secondary N) is 2. The number of esters is 1. The van der Waals surface area contributed by atoms with Crippen LogP contribution in [-0.2, 0) is 20.7 Å². The van der Waals surface area contributed by atoms with E-state index in [2.05, 4.69) is 15.2 Å². The maximum atomic E-state index is 13.5. The number of carbonyl (C=O) groups excluding carboxylic acids is 2. The predicted octanol–water partition coefficient (Wildman–Crippen LogP) is 3.47. The molecule has 9 heteroatoms. The van der Waals surface area contributed by atoms with E-state index in [9.17, 15) is 14.7 Å². The van der Waals surface area contributed by atoms with Gasteiger partial charge in [0, 0.05) is 42.0 Å². The van der Waals surface area contributed by atoms with Crippen molar-refractivity contribution < 1.29 is 28.9 Å². The number of likely N-dealkylation sites (tertiary alicyclic amines) is 1. The van der Waals surface area contributed by atoms with Crippen molar-refractivity contribution in [2.24, 2.45) is 5.92 Å². The topological polar surface area (TPSA) is 113 Å². The normalized spacial score (nSPS) is 25.2. The number of nitrogens with zero attached hydrogens (tertiary/aromatic N) is 1. The minimum atomic E-state index is -0.817. The Labute approximate surface area is 227 Å². The monoisotopic (exact) mass is 533 g/mol. The van der Waals surface area contributed by atoms with Gasteiger partial charge in [0.25, 0.3) is 0 Å². The van der Waals surface area contributed by atoms with Gasteiger partial charge in [-0.2, -0.15) is 0 Å². The van der Waals surface area contributed by atoms with Gasteiger partial charge in [-0.3, -0.25) is 9.69 Å². The summed E-state index contributed by atoms with van der Waals surface area (Å²) in [6, 6.07) is 12.8. The predicted molar refractivity (Wildman–Crippen MR) is 144 cm³/mol. The zero-order chi connectivity index (χ0) is 27.0. The highest BCUT2D eigenvalue weighted by Crippen LogP contribution is 2.50. The molecule has 6 rings (SSSR count). The fraction of sp³-hybridized carbons (Fsp3) is 0.467. The maximum Gasteiger partial charge on any atom is 0.328 e. The number of benzene rings is 2. The lowest BCUT2D eigenvalue weighted by Crippen LogP contribution is -2.57. The number of amides is 1. The fourth-order valence-corrected chi connectivity index (χ4v) is 6.74. The standard InChI is InChI=1S/C30H35N3O6/c1-37-29(35)24(14-20-16-31-23-8-3-2-6-21(20)23)32-27(34)17-33-13-12-30(36)11-5-4-7-22(30)28(33)19-9-10-25-26(15-19)39-18-38-25/h2-3,6,8-10,15-16,22,24,28,31,36H,4-5,7,11-14,17-18H2,1H3,(H,32,34)/t22-,24+,28-,30-/m0/s1. The van der Waals surface area contributed by atoms with Gasteiger partial charge in [0.1, 0.15) is 6.04 Å². The molecule has 2 fully saturated rings. The Morgan fingerprint density at radius 3 is 2.90 bits per heavy atom. The van der Waals surface area contributed by atoms with E-state index in [-0.39, 0.29) is 31.2 Å². The number of aromatic nitrogens is 1. The average Bonchev–Trinajstić information content (AvgIpc) is 3.59. The first-order chi connectivity index (χ1) is 18.9. The third kappa shape index (κ3) is 4.96. The SMILES string of the molecule is COC(=O)[C@@H](Cc1c[nH]c2ccccc12)NC(=O)CN1CC[C@@]2(O)CCCC[C@H]2[C@@H]1c1ccc2c(c1)OCO2. The van der Waals surface area contributed by atoms with Crippen molar-refractivity contribution in [1.82, 2.24) is 15.2 Å². The summed E-state index contributed by atoms with van der Waals surface area (Å²) in [7, 11) is 1.33. The molecule has 3 aromatic rings. The van der Waals surface area contributed by atoms with Crippen LogP contribution in [-0.4, -0.2) is 65.5 Å². The summed E-state index contributed by atoms with van der Waals surface area (Å²) in [5.74, 6) is 0.650. The summed E-state index contributed by atoms with van der Waals surface area (Å²) in [6.45, 7) is 0.867. The molecule has 39 heavy (non-hydrogen) atoms. The first-order valence-corrected chi connectivity index (χ1v) is 13.7. The summed E-state index contributed by atoms with van der Waals surface area (Å²) in [5.41, 5.74) is 2.16. The van der Waals surface area contributed by atoms with Gasteiger partial charge >= 0.3 is 5.97 Å². The van der Waals surface area contributed by atoms with Crippen molar-refractivity contribution in [3.63, 3.8) is 0 Å². The van der Waals surface area contributed by atoms with Crippen LogP contribution in [0.5, 0.6) is 11.5 Å². The third-order valence-corrected chi connectivity index (χ3v) is 8.68. The molecule has 2 aliphatic heterocycles. The van der Waals surface area contributed by atoms with Crippen LogP contribution in [0.2, 0.25) is 0 Å². The molecule has 9 nitrogen and oxygen atoms in total. The Hall–Kier alpha value is -3.56. The lowest BCUT2D eigenvalue weighted by atomic mass is 9.66. The molecular formula is C30H35N3O6. The molecule has 1 aliphatic carbocycles. The number of H-pyrrole nitrogens is 1. The lowest BCUT2D eigenvalue weighted by Gasteiger charge is -2.52. The van der Waals surface area contributed by atoms with Crippen LogP contribution in [0.1, 0.15) is 49.3 Å². The minimum absolute atomic E-state index is 0.00389. The zero-order valence-corrected chi connectivity index (χ0v) is 22.2. The van der Waals surface area contributed by atoms with E-state index in [1.165, 1.54) is 7.11 Å². The highest BCUT2D eigenvalue weighted by atomic mass is 16.7. The van der Waals surface area contributed by atoms with Crippen molar-refractivity contribution in [3.05, 3.63) is 59.8 Å².